The highest BCUT2D eigenvalue weighted by molar-refractivity contribution is 6.13. The monoisotopic (exact) mass is 652 g/mol. The first-order valence-electron chi connectivity index (χ1n) is 17.3. The zero-order valence-corrected chi connectivity index (χ0v) is 27.8. The molecule has 0 spiro atoms. The lowest BCUT2D eigenvalue weighted by Crippen LogP contribution is -2.09. The smallest absolute Gasteiger partial charge is 0.136 e. The molecule has 3 nitrogen and oxygen atoms in total. The van der Waals surface area contributed by atoms with Gasteiger partial charge in [0.05, 0.1) is 5.52 Å². The molecule has 0 amide bonds. The van der Waals surface area contributed by atoms with Gasteiger partial charge in [0.15, 0.2) is 0 Å². The van der Waals surface area contributed by atoms with Crippen molar-refractivity contribution >= 4 is 60.8 Å². The summed E-state index contributed by atoms with van der Waals surface area (Å²) in [4.78, 5) is 5.99. The number of anilines is 3. The Bertz CT molecular complexity index is 2750. The number of benzene rings is 8. The van der Waals surface area contributed by atoms with E-state index < -0.39 is 0 Å². The van der Waals surface area contributed by atoms with Gasteiger partial charge in [0.25, 0.3) is 0 Å². The normalized spacial score (nSPS) is 11.5. The standard InChI is InChI=1S/C48H32N2O/c1-3-10-32(11-4-1)34-18-23-37(24-19-34)50(38-25-20-35(21-26-38)33-12-5-2-6-13-33)39-27-29-46-44(31-39)42-28-22-36(30-47(42)51-46)40-15-9-16-43-41-14-7-8-17-45(41)49-48(40)43/h1-31,49H. The van der Waals surface area contributed by atoms with Crippen LogP contribution in [-0.4, -0.2) is 4.98 Å². The molecule has 2 heterocycles. The molecular weight excluding hydrogens is 621 g/mol. The molecule has 8 aromatic carbocycles. The number of nitrogens with one attached hydrogen (secondary N) is 1. The van der Waals surface area contributed by atoms with Gasteiger partial charge in [-0.15, -0.1) is 0 Å². The van der Waals surface area contributed by atoms with Gasteiger partial charge in [-0.05, 0) is 88.5 Å². The number of rotatable bonds is 6. The Morgan fingerprint density at radius 1 is 0.353 bits per heavy atom. The number of hydrogen-bond donors (Lipinski definition) is 1. The third kappa shape index (κ3) is 5.06. The molecule has 0 fully saturated rings. The van der Waals surface area contributed by atoms with Gasteiger partial charge >= 0.3 is 0 Å². The second-order valence-corrected chi connectivity index (χ2v) is 13.1. The summed E-state index contributed by atoms with van der Waals surface area (Å²) in [6.45, 7) is 0. The molecule has 0 aliphatic carbocycles. The van der Waals surface area contributed by atoms with Gasteiger partial charge in [0, 0.05) is 49.7 Å². The van der Waals surface area contributed by atoms with Crippen LogP contribution in [0.5, 0.6) is 0 Å². The molecule has 0 aliphatic rings. The lowest BCUT2D eigenvalue weighted by atomic mass is 10.0. The quantitative estimate of drug-likeness (QED) is 0.194. The van der Waals surface area contributed by atoms with Crippen molar-refractivity contribution in [2.75, 3.05) is 4.90 Å². The SMILES string of the molecule is c1ccc(-c2ccc(N(c3ccc(-c4ccccc4)cc3)c3ccc4oc5cc(-c6cccc7c6[nH]c6ccccc67)ccc5c4c3)cc2)cc1. The fourth-order valence-electron chi connectivity index (χ4n) is 7.50. The predicted octanol–water partition coefficient (Wildman–Crippen LogP) is 13.7. The van der Waals surface area contributed by atoms with Crippen LogP contribution in [0.4, 0.5) is 17.1 Å². The molecule has 1 N–H and O–H groups in total. The maximum atomic E-state index is 6.53. The van der Waals surface area contributed by atoms with Crippen molar-refractivity contribution in [1.82, 2.24) is 4.98 Å². The molecule has 0 bridgehead atoms. The van der Waals surface area contributed by atoms with Crippen LogP contribution in [-0.2, 0) is 0 Å². The van der Waals surface area contributed by atoms with E-state index in [-0.39, 0.29) is 0 Å². The molecule has 2 aromatic heterocycles. The summed E-state index contributed by atoms with van der Waals surface area (Å²) in [6, 6.07) is 66.8. The van der Waals surface area contributed by atoms with E-state index in [1.54, 1.807) is 0 Å². The first kappa shape index (κ1) is 29.1. The molecule has 0 radical (unpaired) electrons. The molecule has 10 aromatic rings. The molecule has 0 aliphatic heterocycles. The summed E-state index contributed by atoms with van der Waals surface area (Å²) >= 11 is 0. The maximum absolute atomic E-state index is 6.53. The van der Waals surface area contributed by atoms with Crippen LogP contribution in [0.3, 0.4) is 0 Å². The Hall–Kier alpha value is -6.84. The van der Waals surface area contributed by atoms with Crippen molar-refractivity contribution in [3.05, 3.63) is 188 Å². The van der Waals surface area contributed by atoms with Gasteiger partial charge in [-0.25, -0.2) is 0 Å². The molecule has 51 heavy (non-hydrogen) atoms. The van der Waals surface area contributed by atoms with E-state index in [1.807, 2.05) is 0 Å². The minimum absolute atomic E-state index is 0.869. The van der Waals surface area contributed by atoms with Crippen molar-refractivity contribution in [3.63, 3.8) is 0 Å². The summed E-state index contributed by atoms with van der Waals surface area (Å²) < 4.78 is 6.53. The van der Waals surface area contributed by atoms with E-state index in [0.717, 1.165) is 61.2 Å². The number of aromatic nitrogens is 1. The number of para-hydroxylation sites is 2. The van der Waals surface area contributed by atoms with Gasteiger partial charge in [-0.3, -0.25) is 0 Å². The van der Waals surface area contributed by atoms with Gasteiger partial charge in [0.2, 0.25) is 0 Å². The number of hydrogen-bond acceptors (Lipinski definition) is 2. The minimum atomic E-state index is 0.869. The van der Waals surface area contributed by atoms with E-state index in [0.29, 0.717) is 0 Å². The number of furan rings is 1. The summed E-state index contributed by atoms with van der Waals surface area (Å²) in [6.07, 6.45) is 0. The number of nitrogens with zero attached hydrogens (tertiary/aromatic N) is 1. The van der Waals surface area contributed by atoms with Crippen LogP contribution in [0.25, 0.3) is 77.1 Å². The van der Waals surface area contributed by atoms with E-state index >= 15 is 0 Å². The van der Waals surface area contributed by atoms with E-state index in [9.17, 15) is 0 Å². The van der Waals surface area contributed by atoms with E-state index in [4.69, 9.17) is 4.42 Å². The molecule has 10 rings (SSSR count). The number of aromatic amines is 1. The first-order chi connectivity index (χ1) is 25.3. The van der Waals surface area contributed by atoms with Crippen molar-refractivity contribution in [3.8, 4) is 33.4 Å². The third-order valence-electron chi connectivity index (χ3n) is 10.0. The van der Waals surface area contributed by atoms with Crippen molar-refractivity contribution < 1.29 is 4.42 Å². The zero-order valence-electron chi connectivity index (χ0n) is 27.8. The van der Waals surface area contributed by atoms with Gasteiger partial charge < -0.3 is 14.3 Å². The molecule has 0 saturated carbocycles. The van der Waals surface area contributed by atoms with E-state index in [2.05, 4.69) is 198 Å². The first-order valence-corrected chi connectivity index (χ1v) is 17.3. The lowest BCUT2D eigenvalue weighted by molar-refractivity contribution is 0.669. The Morgan fingerprint density at radius 2 is 0.922 bits per heavy atom. The second kappa shape index (κ2) is 11.9. The van der Waals surface area contributed by atoms with Crippen LogP contribution < -0.4 is 4.90 Å². The molecule has 0 saturated heterocycles. The van der Waals surface area contributed by atoms with Crippen molar-refractivity contribution in [2.24, 2.45) is 0 Å². The number of H-pyrrole nitrogens is 1. The molecule has 3 heteroatoms. The predicted molar refractivity (Wildman–Crippen MR) is 214 cm³/mol. The summed E-state index contributed by atoms with van der Waals surface area (Å²) in [5, 5.41) is 4.65. The lowest BCUT2D eigenvalue weighted by Gasteiger charge is -2.26. The Morgan fingerprint density at radius 3 is 1.61 bits per heavy atom. The molecule has 0 atom stereocenters. The molecule has 0 unspecified atom stereocenters. The summed E-state index contributed by atoms with van der Waals surface area (Å²) in [5.41, 5.74) is 14.3. The fraction of sp³-hybridized carbons (Fsp3) is 0. The van der Waals surface area contributed by atoms with Crippen LogP contribution in [0, 0.1) is 0 Å². The van der Waals surface area contributed by atoms with E-state index in [1.165, 1.54) is 33.0 Å². The van der Waals surface area contributed by atoms with Gasteiger partial charge in [-0.1, -0.05) is 127 Å². The summed E-state index contributed by atoms with van der Waals surface area (Å²) in [5.74, 6) is 0. The second-order valence-electron chi connectivity index (χ2n) is 13.1. The maximum Gasteiger partial charge on any atom is 0.136 e. The Labute approximate surface area is 295 Å². The highest BCUT2D eigenvalue weighted by atomic mass is 16.3. The number of fused-ring (bicyclic) bond motifs is 6. The highest BCUT2D eigenvalue weighted by Crippen LogP contribution is 2.41. The third-order valence-corrected chi connectivity index (χ3v) is 10.0. The van der Waals surface area contributed by atoms with Crippen molar-refractivity contribution in [2.45, 2.75) is 0 Å². The highest BCUT2D eigenvalue weighted by Gasteiger charge is 2.17. The van der Waals surface area contributed by atoms with Crippen LogP contribution in [0.15, 0.2) is 192 Å². The zero-order chi connectivity index (χ0) is 33.7. The largest absolute Gasteiger partial charge is 0.456 e. The average molecular weight is 653 g/mol. The topological polar surface area (TPSA) is 32.2 Å². The Balaban J connectivity index is 1.08. The molecule has 240 valence electrons. The van der Waals surface area contributed by atoms with Crippen LogP contribution in [0.1, 0.15) is 0 Å². The Kier molecular flexibility index (Phi) is 6.81. The van der Waals surface area contributed by atoms with Gasteiger partial charge in [0.1, 0.15) is 11.2 Å². The van der Waals surface area contributed by atoms with Crippen molar-refractivity contribution in [1.29, 1.82) is 0 Å². The van der Waals surface area contributed by atoms with Crippen LogP contribution >= 0.6 is 0 Å². The summed E-state index contributed by atoms with van der Waals surface area (Å²) in [7, 11) is 0. The molecular formula is C48H32N2O. The average Bonchev–Trinajstić information content (AvgIpc) is 3.77. The van der Waals surface area contributed by atoms with Crippen LogP contribution in [0.2, 0.25) is 0 Å². The van der Waals surface area contributed by atoms with Gasteiger partial charge in [-0.2, -0.15) is 0 Å². The minimum Gasteiger partial charge on any atom is -0.456 e. The fourth-order valence-corrected chi connectivity index (χ4v) is 7.50.